The first-order valence-electron chi connectivity index (χ1n) is 6.88. The van der Waals surface area contributed by atoms with Gasteiger partial charge in [0, 0.05) is 25.2 Å². The van der Waals surface area contributed by atoms with Crippen LogP contribution in [0.2, 0.25) is 0 Å². The van der Waals surface area contributed by atoms with E-state index in [9.17, 15) is 0 Å². The van der Waals surface area contributed by atoms with Gasteiger partial charge in [0.2, 0.25) is 0 Å². The van der Waals surface area contributed by atoms with Gasteiger partial charge in [0.15, 0.2) is 0 Å². The molecule has 1 atom stereocenters. The molecule has 0 radical (unpaired) electrons. The molecule has 17 heavy (non-hydrogen) atoms. The predicted octanol–water partition coefficient (Wildman–Crippen LogP) is 2.00. The molecule has 3 heteroatoms. The summed E-state index contributed by atoms with van der Waals surface area (Å²) >= 11 is 0. The van der Waals surface area contributed by atoms with Gasteiger partial charge in [-0.05, 0) is 38.5 Å². The lowest BCUT2D eigenvalue weighted by Gasteiger charge is -2.48. The van der Waals surface area contributed by atoms with Crippen LogP contribution >= 0.6 is 0 Å². The van der Waals surface area contributed by atoms with Crippen LogP contribution in [0.15, 0.2) is 0 Å². The first-order valence-corrected chi connectivity index (χ1v) is 6.88. The second-order valence-corrected chi connectivity index (χ2v) is 7.30. The fourth-order valence-corrected chi connectivity index (χ4v) is 3.63. The van der Waals surface area contributed by atoms with E-state index in [0.717, 1.165) is 26.2 Å². The van der Waals surface area contributed by atoms with Crippen LogP contribution in [0, 0.1) is 5.41 Å². The van der Waals surface area contributed by atoms with Crippen molar-refractivity contribution in [2.45, 2.75) is 58.1 Å². The fraction of sp³-hybridized carbons (Fsp3) is 1.00. The van der Waals surface area contributed by atoms with E-state index in [1.165, 1.54) is 19.3 Å². The maximum absolute atomic E-state index is 6.13. The van der Waals surface area contributed by atoms with E-state index in [1.807, 2.05) is 0 Å². The highest BCUT2D eigenvalue weighted by Gasteiger charge is 2.48. The molecule has 1 saturated carbocycles. The van der Waals surface area contributed by atoms with Crippen molar-refractivity contribution in [3.8, 4) is 0 Å². The molecule has 0 amide bonds. The Hall–Kier alpha value is -0.120. The second-order valence-electron chi connectivity index (χ2n) is 7.30. The first-order chi connectivity index (χ1) is 7.79. The predicted molar refractivity (Wildman–Crippen MR) is 71.0 cm³/mol. The number of hydrogen-bond donors (Lipinski definition) is 1. The molecule has 0 aromatic heterocycles. The maximum Gasteiger partial charge on any atom is 0.0753 e. The number of nitrogens with two attached hydrogens (primary N) is 1. The molecular formula is C14H28N2O. The maximum atomic E-state index is 6.13. The lowest BCUT2D eigenvalue weighted by Crippen LogP contribution is -2.60. The highest BCUT2D eigenvalue weighted by atomic mass is 16.5. The summed E-state index contributed by atoms with van der Waals surface area (Å²) < 4.78 is 5.81. The molecule has 1 saturated heterocycles. The van der Waals surface area contributed by atoms with E-state index in [2.05, 4.69) is 32.6 Å². The van der Waals surface area contributed by atoms with Gasteiger partial charge in [0.1, 0.15) is 0 Å². The summed E-state index contributed by atoms with van der Waals surface area (Å²) in [4.78, 5) is 2.60. The molecule has 0 aromatic carbocycles. The SMILES string of the molecule is CC1(C)CCC(CN)(N2CCOC(C)(C)C2)C1. The minimum absolute atomic E-state index is 0.0207. The molecule has 2 rings (SSSR count). The fourth-order valence-electron chi connectivity index (χ4n) is 3.63. The van der Waals surface area contributed by atoms with Gasteiger partial charge >= 0.3 is 0 Å². The molecule has 1 unspecified atom stereocenters. The summed E-state index contributed by atoms with van der Waals surface area (Å²) in [7, 11) is 0. The van der Waals surface area contributed by atoms with Gasteiger partial charge in [-0.2, -0.15) is 0 Å². The summed E-state index contributed by atoms with van der Waals surface area (Å²) in [5.41, 5.74) is 6.78. The van der Waals surface area contributed by atoms with Crippen LogP contribution in [-0.4, -0.2) is 42.3 Å². The summed E-state index contributed by atoms with van der Waals surface area (Å²) in [6.07, 6.45) is 3.77. The zero-order valence-electron chi connectivity index (χ0n) is 11.9. The molecule has 0 spiro atoms. The van der Waals surface area contributed by atoms with Gasteiger partial charge in [0.25, 0.3) is 0 Å². The van der Waals surface area contributed by atoms with Gasteiger partial charge in [-0.25, -0.2) is 0 Å². The monoisotopic (exact) mass is 240 g/mol. The van der Waals surface area contributed by atoms with Gasteiger partial charge in [-0.1, -0.05) is 13.8 Å². The molecule has 1 aliphatic carbocycles. The molecule has 100 valence electrons. The molecule has 1 aliphatic heterocycles. The summed E-state index contributed by atoms with van der Waals surface area (Å²) in [5.74, 6) is 0. The van der Waals surface area contributed by atoms with Gasteiger partial charge in [-0.3, -0.25) is 4.90 Å². The molecule has 1 heterocycles. The zero-order valence-corrected chi connectivity index (χ0v) is 11.9. The Balaban J connectivity index is 2.14. The largest absolute Gasteiger partial charge is 0.373 e. The van der Waals surface area contributed by atoms with Gasteiger partial charge in [-0.15, -0.1) is 0 Å². The summed E-state index contributed by atoms with van der Waals surface area (Å²) in [6, 6.07) is 0. The van der Waals surface area contributed by atoms with E-state index in [1.54, 1.807) is 0 Å². The van der Waals surface area contributed by atoms with Crippen molar-refractivity contribution in [3.63, 3.8) is 0 Å². The van der Waals surface area contributed by atoms with Crippen LogP contribution in [0.4, 0.5) is 0 Å². The van der Waals surface area contributed by atoms with Gasteiger partial charge in [0.05, 0.1) is 12.2 Å². The average molecular weight is 240 g/mol. The van der Waals surface area contributed by atoms with Crippen LogP contribution in [0.25, 0.3) is 0 Å². The Morgan fingerprint density at radius 2 is 1.88 bits per heavy atom. The lowest BCUT2D eigenvalue weighted by atomic mass is 9.85. The number of rotatable bonds is 2. The highest BCUT2D eigenvalue weighted by Crippen LogP contribution is 2.47. The van der Waals surface area contributed by atoms with E-state index in [0.29, 0.717) is 5.41 Å². The van der Waals surface area contributed by atoms with Crippen LogP contribution in [-0.2, 0) is 4.74 Å². The standard InChI is InChI=1S/C14H28N2O/c1-12(2)5-6-14(9-12,10-15)16-7-8-17-13(3,4)11-16/h5-11,15H2,1-4H3. The van der Waals surface area contributed by atoms with Crippen LogP contribution in [0.3, 0.4) is 0 Å². The average Bonchev–Trinajstić information content (AvgIpc) is 2.54. The normalized spacial score (nSPS) is 37.2. The third kappa shape index (κ3) is 2.67. The first kappa shape index (κ1) is 13.3. The minimum Gasteiger partial charge on any atom is -0.373 e. The van der Waals surface area contributed by atoms with Crippen LogP contribution in [0.5, 0.6) is 0 Å². The summed E-state index contributed by atoms with van der Waals surface area (Å²) in [6.45, 7) is 12.8. The number of ether oxygens (including phenoxy) is 1. The van der Waals surface area contributed by atoms with E-state index in [4.69, 9.17) is 10.5 Å². The quantitative estimate of drug-likeness (QED) is 0.802. The van der Waals surface area contributed by atoms with Crippen LogP contribution in [0.1, 0.15) is 47.0 Å². The second kappa shape index (κ2) is 4.22. The Morgan fingerprint density at radius 1 is 1.18 bits per heavy atom. The third-order valence-corrected chi connectivity index (χ3v) is 4.55. The molecular weight excluding hydrogens is 212 g/mol. The number of nitrogens with zero attached hydrogens (tertiary/aromatic N) is 1. The molecule has 3 nitrogen and oxygen atoms in total. The van der Waals surface area contributed by atoms with E-state index in [-0.39, 0.29) is 11.1 Å². The van der Waals surface area contributed by atoms with Crippen molar-refractivity contribution in [3.05, 3.63) is 0 Å². The lowest BCUT2D eigenvalue weighted by molar-refractivity contribution is -0.116. The Morgan fingerprint density at radius 3 is 2.35 bits per heavy atom. The van der Waals surface area contributed by atoms with Crippen molar-refractivity contribution in [1.82, 2.24) is 4.90 Å². The number of morpholine rings is 1. The number of hydrogen-bond acceptors (Lipinski definition) is 3. The topological polar surface area (TPSA) is 38.5 Å². The zero-order chi connectivity index (χ0) is 12.7. The van der Waals surface area contributed by atoms with Crippen molar-refractivity contribution in [1.29, 1.82) is 0 Å². The summed E-state index contributed by atoms with van der Waals surface area (Å²) in [5, 5.41) is 0. The Labute approximate surface area is 106 Å². The van der Waals surface area contributed by atoms with E-state index < -0.39 is 0 Å². The van der Waals surface area contributed by atoms with E-state index >= 15 is 0 Å². The molecule has 2 N–H and O–H groups in total. The molecule has 0 aromatic rings. The van der Waals surface area contributed by atoms with Crippen LogP contribution < -0.4 is 5.73 Å². The Bertz CT molecular complexity index is 288. The molecule has 0 bridgehead atoms. The highest BCUT2D eigenvalue weighted by molar-refractivity contribution is 5.04. The molecule has 2 aliphatic rings. The van der Waals surface area contributed by atoms with Crippen molar-refractivity contribution >= 4 is 0 Å². The minimum atomic E-state index is -0.0207. The van der Waals surface area contributed by atoms with Gasteiger partial charge < -0.3 is 10.5 Å². The Kier molecular flexibility index (Phi) is 3.30. The molecule has 2 fully saturated rings. The van der Waals surface area contributed by atoms with Crippen molar-refractivity contribution < 1.29 is 4.74 Å². The smallest absolute Gasteiger partial charge is 0.0753 e. The van der Waals surface area contributed by atoms with Crippen molar-refractivity contribution in [2.24, 2.45) is 11.1 Å². The third-order valence-electron chi connectivity index (χ3n) is 4.55. The van der Waals surface area contributed by atoms with Crippen molar-refractivity contribution in [2.75, 3.05) is 26.2 Å².